The Kier molecular flexibility index (Phi) is 2.72. The molecule has 2 rings (SSSR count). The third-order valence-corrected chi connectivity index (χ3v) is 2.21. The van der Waals surface area contributed by atoms with Crippen LogP contribution in [0.25, 0.3) is 5.57 Å². The van der Waals surface area contributed by atoms with Crippen LogP contribution in [0, 0.1) is 0 Å². The minimum atomic E-state index is -0.669. The molecule has 4 heteroatoms. The van der Waals surface area contributed by atoms with Gasteiger partial charge in [-0.2, -0.15) is 0 Å². The first-order chi connectivity index (χ1) is 7.74. The van der Waals surface area contributed by atoms with Gasteiger partial charge in [-0.05, 0) is 13.0 Å². The summed E-state index contributed by atoms with van der Waals surface area (Å²) in [7, 11) is 0. The zero-order chi connectivity index (χ0) is 11.5. The molecule has 1 aromatic rings. The monoisotopic (exact) mass is 218 g/mol. The van der Waals surface area contributed by atoms with Crippen molar-refractivity contribution in [2.24, 2.45) is 0 Å². The van der Waals surface area contributed by atoms with Gasteiger partial charge in [0.05, 0.1) is 18.4 Å². The van der Waals surface area contributed by atoms with Gasteiger partial charge in [0.2, 0.25) is 0 Å². The molecule has 0 spiro atoms. The molecule has 1 aliphatic rings. The molecule has 1 heterocycles. The standard InChI is InChI=1S/C12H10O4/c1-2-15-7-10-8-5-3-4-6-9(8)11(13)16-12(10)14/h3-7H,2H2,1H3/b10-7+. The minimum absolute atomic E-state index is 0.275. The lowest BCUT2D eigenvalue weighted by molar-refractivity contribution is -0.131. The van der Waals surface area contributed by atoms with E-state index in [4.69, 9.17) is 4.74 Å². The van der Waals surface area contributed by atoms with Crippen LogP contribution in [0.2, 0.25) is 0 Å². The number of rotatable bonds is 2. The Morgan fingerprint density at radius 1 is 1.19 bits per heavy atom. The highest BCUT2D eigenvalue weighted by Gasteiger charge is 2.29. The zero-order valence-electron chi connectivity index (χ0n) is 8.73. The topological polar surface area (TPSA) is 52.6 Å². The van der Waals surface area contributed by atoms with Gasteiger partial charge in [-0.25, -0.2) is 9.59 Å². The quantitative estimate of drug-likeness (QED) is 0.328. The van der Waals surface area contributed by atoms with Crippen molar-refractivity contribution in [1.29, 1.82) is 0 Å². The Morgan fingerprint density at radius 3 is 2.56 bits per heavy atom. The normalized spacial score (nSPS) is 16.9. The number of esters is 2. The Morgan fingerprint density at radius 2 is 1.88 bits per heavy atom. The van der Waals surface area contributed by atoms with E-state index >= 15 is 0 Å². The average molecular weight is 218 g/mol. The van der Waals surface area contributed by atoms with Crippen molar-refractivity contribution in [2.45, 2.75) is 6.92 Å². The number of ether oxygens (including phenoxy) is 2. The Balaban J connectivity index is 2.51. The summed E-state index contributed by atoms with van der Waals surface area (Å²) in [4.78, 5) is 22.9. The number of benzene rings is 1. The van der Waals surface area contributed by atoms with Crippen LogP contribution in [0.3, 0.4) is 0 Å². The highest BCUT2D eigenvalue weighted by atomic mass is 16.6. The van der Waals surface area contributed by atoms with Crippen LogP contribution >= 0.6 is 0 Å². The Labute approximate surface area is 92.5 Å². The van der Waals surface area contributed by atoms with Crippen LogP contribution in [0.4, 0.5) is 0 Å². The molecule has 0 fully saturated rings. The molecule has 0 N–H and O–H groups in total. The number of cyclic esters (lactones) is 2. The molecule has 0 aromatic heterocycles. The second-order valence-corrected chi connectivity index (χ2v) is 3.21. The van der Waals surface area contributed by atoms with E-state index in [9.17, 15) is 9.59 Å². The van der Waals surface area contributed by atoms with Gasteiger partial charge in [0.15, 0.2) is 0 Å². The van der Waals surface area contributed by atoms with Crippen LogP contribution in [0.5, 0.6) is 0 Å². The fourth-order valence-corrected chi connectivity index (χ4v) is 1.48. The van der Waals surface area contributed by atoms with Gasteiger partial charge in [-0.15, -0.1) is 0 Å². The molecule has 1 aliphatic heterocycles. The first-order valence-electron chi connectivity index (χ1n) is 4.91. The molecular weight excluding hydrogens is 208 g/mol. The lowest BCUT2D eigenvalue weighted by atomic mass is 9.98. The van der Waals surface area contributed by atoms with E-state index in [1.807, 2.05) is 6.92 Å². The van der Waals surface area contributed by atoms with Gasteiger partial charge < -0.3 is 9.47 Å². The molecular formula is C12H10O4. The lowest BCUT2D eigenvalue weighted by Gasteiger charge is -2.16. The van der Waals surface area contributed by atoms with Crippen molar-refractivity contribution in [3.8, 4) is 0 Å². The summed E-state index contributed by atoms with van der Waals surface area (Å²) in [5.74, 6) is -1.29. The fraction of sp³-hybridized carbons (Fsp3) is 0.167. The summed E-state index contributed by atoms with van der Waals surface area (Å²) in [6.07, 6.45) is 1.33. The molecule has 0 radical (unpaired) electrons. The van der Waals surface area contributed by atoms with Crippen LogP contribution in [-0.4, -0.2) is 18.5 Å². The van der Waals surface area contributed by atoms with Crippen molar-refractivity contribution in [1.82, 2.24) is 0 Å². The summed E-state index contributed by atoms with van der Waals surface area (Å²) in [6, 6.07) is 6.78. The molecule has 4 nitrogen and oxygen atoms in total. The van der Waals surface area contributed by atoms with E-state index in [1.54, 1.807) is 24.3 Å². The van der Waals surface area contributed by atoms with Gasteiger partial charge in [0.1, 0.15) is 5.57 Å². The van der Waals surface area contributed by atoms with Crippen molar-refractivity contribution >= 4 is 17.5 Å². The predicted molar refractivity (Wildman–Crippen MR) is 56.5 cm³/mol. The minimum Gasteiger partial charge on any atom is -0.501 e. The van der Waals surface area contributed by atoms with Crippen LogP contribution in [0.15, 0.2) is 30.5 Å². The second kappa shape index (κ2) is 4.18. The second-order valence-electron chi connectivity index (χ2n) is 3.21. The zero-order valence-corrected chi connectivity index (χ0v) is 8.73. The summed E-state index contributed by atoms with van der Waals surface area (Å²) < 4.78 is 9.66. The van der Waals surface area contributed by atoms with Gasteiger partial charge in [0, 0.05) is 5.56 Å². The summed E-state index contributed by atoms with van der Waals surface area (Å²) in [5, 5.41) is 0. The SMILES string of the molecule is CCO/C=C1/C(=O)OC(=O)c2ccccc21. The summed E-state index contributed by atoms with van der Waals surface area (Å²) >= 11 is 0. The van der Waals surface area contributed by atoms with Crippen molar-refractivity contribution in [3.63, 3.8) is 0 Å². The third kappa shape index (κ3) is 1.69. The van der Waals surface area contributed by atoms with Gasteiger partial charge in [-0.3, -0.25) is 0 Å². The van der Waals surface area contributed by atoms with Crippen LogP contribution < -0.4 is 0 Å². The molecule has 0 bridgehead atoms. The van der Waals surface area contributed by atoms with E-state index in [-0.39, 0.29) is 5.57 Å². The molecule has 82 valence electrons. The van der Waals surface area contributed by atoms with Crippen LogP contribution in [0.1, 0.15) is 22.8 Å². The maximum atomic E-state index is 11.5. The molecule has 0 saturated heterocycles. The van der Waals surface area contributed by atoms with Gasteiger partial charge in [0.25, 0.3) is 0 Å². The Bertz CT molecular complexity index is 474. The highest BCUT2D eigenvalue weighted by molar-refractivity contribution is 6.25. The number of hydrogen-bond acceptors (Lipinski definition) is 4. The number of fused-ring (bicyclic) bond motifs is 1. The summed E-state index contributed by atoms with van der Waals surface area (Å²) in [5.41, 5.74) is 1.21. The van der Waals surface area contributed by atoms with E-state index < -0.39 is 11.9 Å². The number of carbonyl (C=O) groups excluding carboxylic acids is 2. The lowest BCUT2D eigenvalue weighted by Crippen LogP contribution is -2.22. The van der Waals surface area contributed by atoms with Crippen molar-refractivity contribution in [3.05, 3.63) is 41.7 Å². The first kappa shape index (κ1) is 10.4. The van der Waals surface area contributed by atoms with Crippen molar-refractivity contribution < 1.29 is 19.1 Å². The fourth-order valence-electron chi connectivity index (χ4n) is 1.48. The molecule has 0 amide bonds. The highest BCUT2D eigenvalue weighted by Crippen LogP contribution is 2.26. The molecule has 0 saturated carbocycles. The van der Waals surface area contributed by atoms with E-state index in [0.717, 1.165) is 0 Å². The smallest absolute Gasteiger partial charge is 0.349 e. The molecule has 0 unspecified atom stereocenters. The average Bonchev–Trinajstić information content (AvgIpc) is 2.29. The number of hydrogen-bond donors (Lipinski definition) is 0. The molecule has 1 aromatic carbocycles. The van der Waals surface area contributed by atoms with Crippen LogP contribution in [-0.2, 0) is 14.3 Å². The van der Waals surface area contributed by atoms with E-state index in [0.29, 0.717) is 17.7 Å². The summed E-state index contributed by atoms with van der Waals surface area (Å²) in [6.45, 7) is 2.26. The maximum Gasteiger partial charge on any atom is 0.349 e. The third-order valence-electron chi connectivity index (χ3n) is 2.21. The first-order valence-corrected chi connectivity index (χ1v) is 4.91. The van der Waals surface area contributed by atoms with Gasteiger partial charge in [-0.1, -0.05) is 18.2 Å². The molecule has 16 heavy (non-hydrogen) atoms. The Hall–Kier alpha value is -2.10. The van der Waals surface area contributed by atoms with E-state index in [2.05, 4.69) is 4.74 Å². The van der Waals surface area contributed by atoms with Crippen molar-refractivity contribution in [2.75, 3.05) is 6.61 Å². The van der Waals surface area contributed by atoms with E-state index in [1.165, 1.54) is 6.26 Å². The van der Waals surface area contributed by atoms with Gasteiger partial charge >= 0.3 is 11.9 Å². The number of carbonyl (C=O) groups is 2. The maximum absolute atomic E-state index is 11.5. The largest absolute Gasteiger partial charge is 0.501 e. The predicted octanol–water partition coefficient (Wildman–Crippen LogP) is 1.76. The molecule has 0 atom stereocenters. The molecule has 0 aliphatic carbocycles.